The molecule has 0 radical (unpaired) electrons. The van der Waals surface area contributed by atoms with E-state index < -0.39 is 0 Å². The van der Waals surface area contributed by atoms with Gasteiger partial charge in [-0.1, -0.05) is 23.5 Å². The van der Waals surface area contributed by atoms with Crippen LogP contribution in [0.4, 0.5) is 0 Å². The van der Waals surface area contributed by atoms with Crippen LogP contribution in [0, 0.1) is 0 Å². The van der Waals surface area contributed by atoms with Crippen LogP contribution in [-0.2, 0) is 19.5 Å². The summed E-state index contributed by atoms with van der Waals surface area (Å²) in [5.41, 5.74) is 0.329. The highest BCUT2D eigenvalue weighted by Gasteiger charge is 2.13. The molecule has 130 valence electrons. The van der Waals surface area contributed by atoms with Crippen LogP contribution in [0.3, 0.4) is 0 Å². The monoisotopic (exact) mass is 350 g/mol. The zero-order chi connectivity index (χ0) is 16.8. The molecule has 1 saturated heterocycles. The molecule has 10 heteroatoms. The van der Waals surface area contributed by atoms with Crippen molar-refractivity contribution in [3.8, 4) is 0 Å². The van der Waals surface area contributed by atoms with E-state index in [1.807, 2.05) is 6.92 Å². The molecule has 1 amide bonds. The lowest BCUT2D eigenvalue weighted by Crippen LogP contribution is -2.44. The summed E-state index contributed by atoms with van der Waals surface area (Å²) in [5, 5.41) is 24.0. The second kappa shape index (κ2) is 8.27. The van der Waals surface area contributed by atoms with Gasteiger partial charge in [-0.05, 0) is 6.42 Å². The lowest BCUT2D eigenvalue weighted by molar-refractivity contribution is 0.0945. The Morgan fingerprint density at radius 1 is 1.25 bits per heavy atom. The summed E-state index contributed by atoms with van der Waals surface area (Å²) < 4.78 is 1.72. The second-order valence-corrected chi connectivity index (χ2v) is 6.73. The number of nitrogens with zero attached hydrogens (tertiary/aromatic N) is 6. The lowest BCUT2D eigenvalue weighted by atomic mass is 10.3. The van der Waals surface area contributed by atoms with Gasteiger partial charge in [-0.15, -0.1) is 15.3 Å². The summed E-state index contributed by atoms with van der Waals surface area (Å²) in [7, 11) is 0. The molecule has 0 aromatic carbocycles. The number of carbonyl (C=O) groups excluding carboxylic acids is 1. The van der Waals surface area contributed by atoms with Crippen molar-refractivity contribution in [2.75, 3.05) is 32.7 Å². The summed E-state index contributed by atoms with van der Waals surface area (Å²) in [6, 6.07) is 0. The molecule has 24 heavy (non-hydrogen) atoms. The van der Waals surface area contributed by atoms with E-state index in [2.05, 4.69) is 36.0 Å². The Morgan fingerprint density at radius 3 is 2.79 bits per heavy atom. The van der Waals surface area contributed by atoms with Crippen LogP contribution < -0.4 is 10.6 Å². The second-order valence-electron chi connectivity index (χ2n) is 5.58. The van der Waals surface area contributed by atoms with E-state index >= 15 is 0 Å². The smallest absolute Gasteiger partial charge is 0.273 e. The molecule has 0 unspecified atom stereocenters. The molecule has 2 aromatic rings. The molecule has 1 aliphatic rings. The number of nitrogens with one attached hydrogen (secondary N) is 2. The Balaban J connectivity index is 1.46. The van der Waals surface area contributed by atoms with Gasteiger partial charge in [0.25, 0.3) is 5.91 Å². The summed E-state index contributed by atoms with van der Waals surface area (Å²) in [5.74, 6) is -0.239. The van der Waals surface area contributed by atoms with Crippen molar-refractivity contribution in [2.24, 2.45) is 0 Å². The van der Waals surface area contributed by atoms with Crippen LogP contribution >= 0.6 is 11.3 Å². The van der Waals surface area contributed by atoms with Crippen molar-refractivity contribution < 1.29 is 4.79 Å². The molecule has 0 bridgehead atoms. The molecule has 1 aliphatic heterocycles. The largest absolute Gasteiger partial charge is 0.344 e. The minimum Gasteiger partial charge on any atom is -0.344 e. The molecule has 9 nitrogen and oxygen atoms in total. The number of rotatable bonds is 7. The van der Waals surface area contributed by atoms with Crippen LogP contribution in [0.25, 0.3) is 0 Å². The molecule has 2 N–H and O–H groups in total. The van der Waals surface area contributed by atoms with Gasteiger partial charge in [0.2, 0.25) is 0 Å². The fourth-order valence-electron chi connectivity index (χ4n) is 2.44. The van der Waals surface area contributed by atoms with Gasteiger partial charge in [0.15, 0.2) is 5.69 Å². The quantitative estimate of drug-likeness (QED) is 0.696. The Bertz CT molecular complexity index is 663. The van der Waals surface area contributed by atoms with Gasteiger partial charge in [-0.2, -0.15) is 0 Å². The third kappa shape index (κ3) is 4.56. The lowest BCUT2D eigenvalue weighted by Gasteiger charge is -2.26. The molecule has 0 spiro atoms. The van der Waals surface area contributed by atoms with E-state index in [4.69, 9.17) is 0 Å². The van der Waals surface area contributed by atoms with E-state index in [1.165, 1.54) is 11.3 Å². The van der Waals surface area contributed by atoms with Crippen LogP contribution in [-0.4, -0.2) is 68.7 Å². The number of aryl methyl sites for hydroxylation is 1. The highest BCUT2D eigenvalue weighted by molar-refractivity contribution is 7.11. The minimum absolute atomic E-state index is 0.239. The van der Waals surface area contributed by atoms with Crippen molar-refractivity contribution in [1.82, 2.24) is 40.7 Å². The van der Waals surface area contributed by atoms with Gasteiger partial charge in [-0.25, -0.2) is 0 Å². The molecular weight excluding hydrogens is 328 g/mol. The van der Waals surface area contributed by atoms with Crippen LogP contribution in [0.15, 0.2) is 6.20 Å². The Morgan fingerprint density at radius 2 is 2.04 bits per heavy atom. The molecule has 2 aromatic heterocycles. The van der Waals surface area contributed by atoms with Gasteiger partial charge in [0.1, 0.15) is 10.0 Å². The summed E-state index contributed by atoms with van der Waals surface area (Å²) in [4.78, 5) is 14.5. The third-order valence-electron chi connectivity index (χ3n) is 3.84. The standard InChI is InChI=1S/C14H22N8OS/c1-2-12-18-19-13(24-12)9-16-14(23)11-10-22(20-17-11)8-7-21-5-3-15-4-6-21/h10,15H,2-9H2,1H3,(H,16,23). The van der Waals surface area contributed by atoms with Gasteiger partial charge in [-0.3, -0.25) is 14.4 Å². The maximum atomic E-state index is 12.1. The molecule has 3 heterocycles. The van der Waals surface area contributed by atoms with E-state index in [1.54, 1.807) is 10.9 Å². The first-order chi connectivity index (χ1) is 11.7. The average molecular weight is 350 g/mol. The normalized spacial score (nSPS) is 15.5. The fraction of sp³-hybridized carbons (Fsp3) is 0.643. The number of amides is 1. The Labute approximate surface area is 144 Å². The van der Waals surface area contributed by atoms with Crippen LogP contribution in [0.5, 0.6) is 0 Å². The van der Waals surface area contributed by atoms with E-state index in [0.717, 1.165) is 55.7 Å². The highest BCUT2D eigenvalue weighted by atomic mass is 32.1. The SMILES string of the molecule is CCc1nnc(CNC(=O)c2cn(CCN3CCNCC3)nn2)s1. The number of hydrogen-bond acceptors (Lipinski definition) is 8. The number of carbonyl (C=O) groups is 1. The predicted molar refractivity (Wildman–Crippen MR) is 89.8 cm³/mol. The Hall–Kier alpha value is -1.91. The van der Waals surface area contributed by atoms with E-state index in [9.17, 15) is 4.79 Å². The number of hydrogen-bond donors (Lipinski definition) is 2. The van der Waals surface area contributed by atoms with E-state index in [-0.39, 0.29) is 5.91 Å². The van der Waals surface area contributed by atoms with E-state index in [0.29, 0.717) is 12.2 Å². The molecule has 0 saturated carbocycles. The number of piperazine rings is 1. The summed E-state index contributed by atoms with van der Waals surface area (Å²) >= 11 is 1.51. The van der Waals surface area contributed by atoms with Crippen molar-refractivity contribution in [3.05, 3.63) is 21.9 Å². The molecule has 0 atom stereocenters. The van der Waals surface area contributed by atoms with Crippen molar-refractivity contribution >= 4 is 17.2 Å². The fourth-order valence-corrected chi connectivity index (χ4v) is 3.16. The van der Waals surface area contributed by atoms with Gasteiger partial charge >= 0.3 is 0 Å². The van der Waals surface area contributed by atoms with Gasteiger partial charge in [0, 0.05) is 32.7 Å². The minimum atomic E-state index is -0.239. The van der Waals surface area contributed by atoms with Crippen molar-refractivity contribution in [1.29, 1.82) is 0 Å². The maximum Gasteiger partial charge on any atom is 0.273 e. The third-order valence-corrected chi connectivity index (χ3v) is 4.91. The zero-order valence-corrected chi connectivity index (χ0v) is 14.6. The first kappa shape index (κ1) is 16.9. The summed E-state index contributed by atoms with van der Waals surface area (Å²) in [6.45, 7) is 8.18. The highest BCUT2D eigenvalue weighted by Crippen LogP contribution is 2.09. The zero-order valence-electron chi connectivity index (χ0n) is 13.7. The summed E-state index contributed by atoms with van der Waals surface area (Å²) in [6.07, 6.45) is 2.54. The molecule has 1 fully saturated rings. The van der Waals surface area contributed by atoms with Crippen molar-refractivity contribution in [2.45, 2.75) is 26.4 Å². The molecule has 0 aliphatic carbocycles. The first-order valence-electron chi connectivity index (χ1n) is 8.17. The van der Waals surface area contributed by atoms with Gasteiger partial charge in [0.05, 0.1) is 19.3 Å². The maximum absolute atomic E-state index is 12.1. The Kier molecular flexibility index (Phi) is 5.83. The van der Waals surface area contributed by atoms with Gasteiger partial charge < -0.3 is 10.6 Å². The molecule has 3 rings (SSSR count). The first-order valence-corrected chi connectivity index (χ1v) is 8.99. The van der Waals surface area contributed by atoms with Crippen LogP contribution in [0.1, 0.15) is 27.4 Å². The predicted octanol–water partition coefficient (Wildman–Crippen LogP) is -0.473. The van der Waals surface area contributed by atoms with Crippen LogP contribution in [0.2, 0.25) is 0 Å². The average Bonchev–Trinajstić information content (AvgIpc) is 3.28. The molecular formula is C14H22N8OS. The topological polar surface area (TPSA) is 101 Å². The van der Waals surface area contributed by atoms with Crippen molar-refractivity contribution in [3.63, 3.8) is 0 Å². The number of aromatic nitrogens is 5.